The predicted octanol–water partition coefficient (Wildman–Crippen LogP) is 4.45. The van der Waals surface area contributed by atoms with Crippen LogP contribution in [0.5, 0.6) is 0 Å². The van der Waals surface area contributed by atoms with Crippen LogP contribution in [0.15, 0.2) is 22.6 Å². The lowest BCUT2D eigenvalue weighted by atomic mass is 10.0. The third-order valence-electron chi connectivity index (χ3n) is 3.51. The summed E-state index contributed by atoms with van der Waals surface area (Å²) in [7, 11) is 0. The molecule has 0 spiro atoms. The number of benzene rings is 1. The van der Waals surface area contributed by atoms with Gasteiger partial charge in [0.15, 0.2) is 0 Å². The molecule has 2 rings (SSSR count). The first kappa shape index (κ1) is 14.1. The molecule has 2 heteroatoms. The predicted molar refractivity (Wildman–Crippen MR) is 81.6 cm³/mol. The van der Waals surface area contributed by atoms with E-state index in [4.69, 9.17) is 4.42 Å². The molecular formula is C17H25NO. The molecule has 2 nitrogen and oxygen atoms in total. The summed E-state index contributed by atoms with van der Waals surface area (Å²) < 4.78 is 6.02. The summed E-state index contributed by atoms with van der Waals surface area (Å²) in [6.07, 6.45) is 4.60. The first-order chi connectivity index (χ1) is 9.30. The fourth-order valence-corrected chi connectivity index (χ4v) is 2.60. The van der Waals surface area contributed by atoms with Crippen LogP contribution in [0.3, 0.4) is 0 Å². The van der Waals surface area contributed by atoms with Crippen molar-refractivity contribution in [2.45, 2.75) is 53.0 Å². The highest BCUT2D eigenvalue weighted by molar-refractivity contribution is 5.83. The fraction of sp³-hybridized carbons (Fsp3) is 0.529. The van der Waals surface area contributed by atoms with Crippen LogP contribution in [-0.4, -0.2) is 6.54 Å². The summed E-state index contributed by atoms with van der Waals surface area (Å²) in [5.41, 5.74) is 3.86. The Balaban J connectivity index is 2.41. The van der Waals surface area contributed by atoms with Crippen molar-refractivity contribution < 1.29 is 4.42 Å². The first-order valence-electron chi connectivity index (χ1n) is 7.54. The Morgan fingerprint density at radius 2 is 1.84 bits per heavy atom. The van der Waals surface area contributed by atoms with Crippen molar-refractivity contribution in [3.63, 3.8) is 0 Å². The van der Waals surface area contributed by atoms with E-state index in [0.717, 1.165) is 43.7 Å². The lowest BCUT2D eigenvalue weighted by Gasteiger charge is -2.02. The number of aryl methyl sites for hydroxylation is 2. The Kier molecular flexibility index (Phi) is 5.03. The molecule has 19 heavy (non-hydrogen) atoms. The minimum absolute atomic E-state index is 0.837. The molecule has 2 aromatic rings. The molecule has 0 fully saturated rings. The van der Waals surface area contributed by atoms with Gasteiger partial charge in [-0.25, -0.2) is 0 Å². The molecule has 0 aliphatic heterocycles. The summed E-state index contributed by atoms with van der Waals surface area (Å²) in [6, 6.07) is 6.65. The average Bonchev–Trinajstić information content (AvgIpc) is 2.75. The van der Waals surface area contributed by atoms with Gasteiger partial charge in [-0.05, 0) is 37.1 Å². The molecule has 0 bridgehead atoms. The minimum Gasteiger partial charge on any atom is -0.459 e. The number of rotatable bonds is 7. The van der Waals surface area contributed by atoms with Crippen LogP contribution in [0.4, 0.5) is 0 Å². The molecule has 0 amide bonds. The lowest BCUT2D eigenvalue weighted by Crippen LogP contribution is -2.12. The average molecular weight is 259 g/mol. The van der Waals surface area contributed by atoms with Gasteiger partial charge in [-0.1, -0.05) is 39.7 Å². The van der Waals surface area contributed by atoms with Crippen molar-refractivity contribution in [1.29, 1.82) is 0 Å². The van der Waals surface area contributed by atoms with Gasteiger partial charge >= 0.3 is 0 Å². The van der Waals surface area contributed by atoms with Crippen LogP contribution in [-0.2, 0) is 19.4 Å². The molecule has 0 unspecified atom stereocenters. The van der Waals surface area contributed by atoms with Crippen molar-refractivity contribution in [1.82, 2.24) is 5.32 Å². The van der Waals surface area contributed by atoms with Gasteiger partial charge in [-0.2, -0.15) is 0 Å². The maximum atomic E-state index is 6.02. The zero-order valence-corrected chi connectivity index (χ0v) is 12.4. The van der Waals surface area contributed by atoms with Gasteiger partial charge in [0.25, 0.3) is 0 Å². The van der Waals surface area contributed by atoms with Crippen molar-refractivity contribution >= 4 is 11.0 Å². The van der Waals surface area contributed by atoms with E-state index in [1.807, 2.05) is 0 Å². The maximum Gasteiger partial charge on any atom is 0.134 e. The van der Waals surface area contributed by atoms with Crippen molar-refractivity contribution in [2.75, 3.05) is 6.54 Å². The van der Waals surface area contributed by atoms with E-state index in [9.17, 15) is 0 Å². The van der Waals surface area contributed by atoms with Crippen LogP contribution < -0.4 is 5.32 Å². The summed E-state index contributed by atoms with van der Waals surface area (Å²) in [6.45, 7) is 8.39. The number of nitrogens with one attached hydrogen (secondary N) is 1. The van der Waals surface area contributed by atoms with E-state index in [-0.39, 0.29) is 0 Å². The molecule has 0 aliphatic carbocycles. The van der Waals surface area contributed by atoms with Crippen molar-refractivity contribution in [3.05, 3.63) is 35.1 Å². The van der Waals surface area contributed by atoms with Crippen molar-refractivity contribution in [3.8, 4) is 0 Å². The fourth-order valence-electron chi connectivity index (χ4n) is 2.60. The monoisotopic (exact) mass is 259 g/mol. The molecule has 1 aromatic heterocycles. The van der Waals surface area contributed by atoms with Crippen molar-refractivity contribution in [2.24, 2.45) is 0 Å². The molecule has 1 heterocycles. The normalized spacial score (nSPS) is 11.3. The first-order valence-corrected chi connectivity index (χ1v) is 7.54. The van der Waals surface area contributed by atoms with Crippen LogP contribution in [0.1, 0.15) is 50.5 Å². The third-order valence-corrected chi connectivity index (χ3v) is 3.51. The van der Waals surface area contributed by atoms with Gasteiger partial charge in [0.2, 0.25) is 0 Å². The largest absolute Gasteiger partial charge is 0.459 e. The highest BCUT2D eigenvalue weighted by Gasteiger charge is 2.13. The number of hydrogen-bond acceptors (Lipinski definition) is 2. The molecule has 0 aliphatic rings. The second-order valence-electron chi connectivity index (χ2n) is 5.11. The zero-order valence-electron chi connectivity index (χ0n) is 12.4. The zero-order chi connectivity index (χ0) is 13.7. The molecule has 104 valence electrons. The summed E-state index contributed by atoms with van der Waals surface area (Å²) in [4.78, 5) is 0. The van der Waals surface area contributed by atoms with Gasteiger partial charge in [-0.15, -0.1) is 0 Å². The highest BCUT2D eigenvalue weighted by atomic mass is 16.3. The Hall–Kier alpha value is -1.28. The van der Waals surface area contributed by atoms with Gasteiger partial charge < -0.3 is 9.73 Å². The molecule has 0 atom stereocenters. The van der Waals surface area contributed by atoms with Crippen LogP contribution in [0.25, 0.3) is 11.0 Å². The molecule has 0 saturated carbocycles. The molecule has 1 aromatic carbocycles. The Labute approximate surface area is 116 Å². The van der Waals surface area contributed by atoms with Gasteiger partial charge in [0.05, 0.1) is 6.54 Å². The standard InChI is InChI=1S/C17H25NO/c1-4-7-13-9-10-16-15(11-13)14(8-5-2)17(19-16)12-18-6-3/h9-11,18H,4-8,12H2,1-3H3. The maximum absolute atomic E-state index is 6.02. The topological polar surface area (TPSA) is 25.2 Å². The molecule has 1 N–H and O–H groups in total. The Morgan fingerprint density at radius 3 is 2.53 bits per heavy atom. The lowest BCUT2D eigenvalue weighted by molar-refractivity contribution is 0.513. The van der Waals surface area contributed by atoms with E-state index < -0.39 is 0 Å². The van der Waals surface area contributed by atoms with Crippen LogP contribution >= 0.6 is 0 Å². The van der Waals surface area contributed by atoms with E-state index in [2.05, 4.69) is 44.3 Å². The molecule has 0 radical (unpaired) electrons. The van der Waals surface area contributed by atoms with E-state index in [1.54, 1.807) is 0 Å². The van der Waals surface area contributed by atoms with Gasteiger partial charge in [0, 0.05) is 10.9 Å². The second-order valence-corrected chi connectivity index (χ2v) is 5.11. The van der Waals surface area contributed by atoms with Crippen LogP contribution in [0.2, 0.25) is 0 Å². The molecule has 0 saturated heterocycles. The summed E-state index contributed by atoms with van der Waals surface area (Å²) >= 11 is 0. The SMILES string of the molecule is CCCc1ccc2oc(CNCC)c(CCC)c2c1. The van der Waals surface area contributed by atoms with Crippen LogP contribution in [0, 0.1) is 0 Å². The summed E-state index contributed by atoms with van der Waals surface area (Å²) in [5.74, 6) is 1.12. The number of hydrogen-bond donors (Lipinski definition) is 1. The number of furan rings is 1. The quantitative estimate of drug-likeness (QED) is 0.795. The minimum atomic E-state index is 0.837. The number of fused-ring (bicyclic) bond motifs is 1. The second kappa shape index (κ2) is 6.76. The summed E-state index contributed by atoms with van der Waals surface area (Å²) in [5, 5.41) is 4.69. The van der Waals surface area contributed by atoms with Gasteiger partial charge in [0.1, 0.15) is 11.3 Å². The van der Waals surface area contributed by atoms with E-state index in [1.165, 1.54) is 22.9 Å². The third kappa shape index (κ3) is 3.19. The van der Waals surface area contributed by atoms with E-state index >= 15 is 0 Å². The Bertz CT molecular complexity index is 527. The van der Waals surface area contributed by atoms with E-state index in [0.29, 0.717) is 0 Å². The Morgan fingerprint density at radius 1 is 1.05 bits per heavy atom. The smallest absolute Gasteiger partial charge is 0.134 e. The molecular weight excluding hydrogens is 234 g/mol. The van der Waals surface area contributed by atoms with Gasteiger partial charge in [-0.3, -0.25) is 0 Å². The highest BCUT2D eigenvalue weighted by Crippen LogP contribution is 2.28.